The summed E-state index contributed by atoms with van der Waals surface area (Å²) in [6.45, 7) is 0. The second kappa shape index (κ2) is 7.82. The quantitative estimate of drug-likeness (QED) is 0.507. The van der Waals surface area contributed by atoms with Gasteiger partial charge in [-0.25, -0.2) is 4.90 Å². The summed E-state index contributed by atoms with van der Waals surface area (Å²) in [5.74, 6) is -3.31. The number of benzene rings is 2. The number of allylic oxidation sites excluding steroid dienone is 1. The van der Waals surface area contributed by atoms with Crippen LogP contribution in [-0.4, -0.2) is 48.0 Å². The maximum absolute atomic E-state index is 13.5. The zero-order valence-electron chi connectivity index (χ0n) is 17.8. The van der Waals surface area contributed by atoms with Crippen LogP contribution in [-0.2, 0) is 15.8 Å². The van der Waals surface area contributed by atoms with E-state index in [0.29, 0.717) is 11.3 Å². The summed E-state index contributed by atoms with van der Waals surface area (Å²) < 4.78 is 44.8. The molecule has 0 bridgehead atoms. The second-order valence-corrected chi connectivity index (χ2v) is 8.17. The van der Waals surface area contributed by atoms with Gasteiger partial charge in [0, 0.05) is 11.8 Å². The van der Waals surface area contributed by atoms with Crippen LogP contribution in [0.2, 0.25) is 0 Å². The highest BCUT2D eigenvalue weighted by Crippen LogP contribution is 2.46. The Labute approximate surface area is 192 Å². The number of hydrazone groups is 1. The maximum Gasteiger partial charge on any atom is 0.416 e. The van der Waals surface area contributed by atoms with E-state index in [1.165, 1.54) is 24.4 Å². The number of alkyl halides is 3. The molecule has 2 amide bonds. The first-order chi connectivity index (χ1) is 16.2. The molecule has 174 valence electrons. The maximum atomic E-state index is 13.5. The van der Waals surface area contributed by atoms with Crippen molar-refractivity contribution < 1.29 is 32.3 Å². The number of amides is 2. The van der Waals surface area contributed by atoms with Gasteiger partial charge >= 0.3 is 6.18 Å². The molecule has 0 spiro atoms. The van der Waals surface area contributed by atoms with Crippen LogP contribution in [0.15, 0.2) is 65.8 Å². The molecule has 2 aromatic carbocycles. The summed E-state index contributed by atoms with van der Waals surface area (Å²) in [6.07, 6.45) is 0.115. The zero-order chi connectivity index (χ0) is 24.2. The monoisotopic (exact) mass is 469 g/mol. The Balaban J connectivity index is 1.55. The molecule has 0 N–H and O–H groups in total. The van der Waals surface area contributed by atoms with Gasteiger partial charge in [-0.2, -0.15) is 18.3 Å². The number of nitrogens with zero attached hydrogens (tertiary/aromatic N) is 3. The number of hydrogen-bond donors (Lipinski definition) is 0. The number of Topliss-reactive ketones (excluding diaryl/α,β-unsaturated/α-hetero) is 1. The van der Waals surface area contributed by atoms with Crippen molar-refractivity contribution in [2.45, 2.75) is 18.3 Å². The van der Waals surface area contributed by atoms with Gasteiger partial charge in [0.2, 0.25) is 11.8 Å². The molecule has 3 aliphatic heterocycles. The summed E-state index contributed by atoms with van der Waals surface area (Å²) in [5, 5.41) is 5.70. The fourth-order valence-corrected chi connectivity index (χ4v) is 4.84. The molecular formula is C24H18F3N3O4. The normalized spacial score (nSPS) is 25.5. The first kappa shape index (κ1) is 21.9. The molecule has 1 unspecified atom stereocenters. The number of fused-ring (bicyclic) bond motifs is 3. The molecular weight excluding hydrogens is 451 g/mol. The minimum atomic E-state index is -4.64. The van der Waals surface area contributed by atoms with Crippen LogP contribution in [0, 0.1) is 11.8 Å². The molecule has 2 aromatic rings. The number of anilines is 1. The van der Waals surface area contributed by atoms with Gasteiger partial charge in [0.1, 0.15) is 11.8 Å². The number of halogens is 3. The van der Waals surface area contributed by atoms with Gasteiger partial charge in [-0.3, -0.25) is 19.4 Å². The van der Waals surface area contributed by atoms with Crippen molar-refractivity contribution in [3.05, 3.63) is 71.8 Å². The molecule has 2 fully saturated rings. The van der Waals surface area contributed by atoms with E-state index in [0.717, 1.165) is 23.1 Å². The summed E-state index contributed by atoms with van der Waals surface area (Å²) >= 11 is 0. The van der Waals surface area contributed by atoms with Crippen LogP contribution < -0.4 is 9.64 Å². The number of methoxy groups -OCH3 is 1. The van der Waals surface area contributed by atoms with E-state index in [1.807, 2.05) is 0 Å². The van der Waals surface area contributed by atoms with Crippen molar-refractivity contribution in [3.63, 3.8) is 0 Å². The number of imide groups is 1. The fraction of sp³-hybridized carbons (Fsp3) is 0.250. The third-order valence-electron chi connectivity index (χ3n) is 6.37. The molecule has 0 aromatic heterocycles. The average Bonchev–Trinajstić information content (AvgIpc) is 3.31. The van der Waals surface area contributed by atoms with Gasteiger partial charge in [-0.05, 0) is 48.5 Å². The van der Waals surface area contributed by atoms with Crippen LogP contribution >= 0.6 is 0 Å². The largest absolute Gasteiger partial charge is 0.497 e. The molecule has 7 nitrogen and oxygen atoms in total. The lowest BCUT2D eigenvalue weighted by Gasteiger charge is -2.30. The number of carbonyl (C=O) groups is 3. The minimum Gasteiger partial charge on any atom is -0.497 e. The van der Waals surface area contributed by atoms with E-state index < -0.39 is 53.3 Å². The van der Waals surface area contributed by atoms with Crippen LogP contribution in [0.1, 0.15) is 15.9 Å². The van der Waals surface area contributed by atoms with Gasteiger partial charge < -0.3 is 4.74 Å². The van der Waals surface area contributed by atoms with Crippen molar-refractivity contribution in [1.29, 1.82) is 0 Å². The van der Waals surface area contributed by atoms with Crippen molar-refractivity contribution in [2.75, 3.05) is 12.0 Å². The van der Waals surface area contributed by atoms with Crippen LogP contribution in [0.25, 0.3) is 0 Å². The van der Waals surface area contributed by atoms with Gasteiger partial charge in [0.05, 0.1) is 36.2 Å². The molecule has 4 atom stereocenters. The Bertz CT molecular complexity index is 1240. The number of hydrogen-bond acceptors (Lipinski definition) is 6. The summed E-state index contributed by atoms with van der Waals surface area (Å²) in [6, 6.07) is 8.61. The number of carbonyl (C=O) groups excluding carboxylic acids is 3. The SMILES string of the molecule is COc1ccc(C(=O)[C@@H]2[C@@H]3C(=O)N(c4cccc(C(F)(F)F)c4)C(=O)[C@@H]3C3C=CC=NN32)cc1. The lowest BCUT2D eigenvalue weighted by Crippen LogP contribution is -2.46. The van der Waals surface area contributed by atoms with Gasteiger partial charge in [0.15, 0.2) is 5.78 Å². The predicted molar refractivity (Wildman–Crippen MR) is 115 cm³/mol. The third-order valence-corrected chi connectivity index (χ3v) is 6.37. The highest BCUT2D eigenvalue weighted by molar-refractivity contribution is 6.24. The highest BCUT2D eigenvalue weighted by atomic mass is 19.4. The Hall–Kier alpha value is -3.95. The van der Waals surface area contributed by atoms with Crippen LogP contribution in [0.5, 0.6) is 5.75 Å². The molecule has 2 saturated heterocycles. The predicted octanol–water partition coefficient (Wildman–Crippen LogP) is 3.31. The first-order valence-electron chi connectivity index (χ1n) is 10.4. The van der Waals surface area contributed by atoms with Crippen molar-refractivity contribution >= 4 is 29.5 Å². The molecule has 3 aliphatic rings. The van der Waals surface area contributed by atoms with Crippen molar-refractivity contribution in [3.8, 4) is 5.75 Å². The standard InChI is InChI=1S/C24H18F3N3O4/c1-34-16-9-7-13(8-10-16)21(31)20-19-18(17-6-3-11-28-30(17)20)22(32)29(23(19)33)15-5-2-4-14(12-15)24(25,26)27/h2-12,17-20H,1H3/t17?,18-,19-,20+/m1/s1. The average molecular weight is 469 g/mol. The Kier molecular flexibility index (Phi) is 5.03. The van der Waals surface area contributed by atoms with E-state index in [9.17, 15) is 27.6 Å². The topological polar surface area (TPSA) is 79.3 Å². The Morgan fingerprint density at radius 2 is 1.74 bits per heavy atom. The van der Waals surface area contributed by atoms with E-state index in [1.54, 1.807) is 36.4 Å². The number of ether oxygens (including phenoxy) is 1. The Morgan fingerprint density at radius 1 is 1.03 bits per heavy atom. The summed E-state index contributed by atoms with van der Waals surface area (Å²) in [4.78, 5) is 41.2. The minimum absolute atomic E-state index is 0.176. The fourth-order valence-electron chi connectivity index (χ4n) is 4.84. The van der Waals surface area contributed by atoms with Gasteiger partial charge in [-0.15, -0.1) is 0 Å². The molecule has 0 aliphatic carbocycles. The van der Waals surface area contributed by atoms with Crippen molar-refractivity contribution in [2.24, 2.45) is 16.9 Å². The third kappa shape index (κ3) is 3.28. The smallest absolute Gasteiger partial charge is 0.416 e. The van der Waals surface area contributed by atoms with Crippen LogP contribution in [0.4, 0.5) is 18.9 Å². The van der Waals surface area contributed by atoms with Crippen LogP contribution in [0.3, 0.4) is 0 Å². The molecule has 0 radical (unpaired) electrons. The highest BCUT2D eigenvalue weighted by Gasteiger charge is 2.64. The van der Waals surface area contributed by atoms with E-state index in [4.69, 9.17) is 4.74 Å². The lowest BCUT2D eigenvalue weighted by atomic mass is 9.86. The molecule has 34 heavy (non-hydrogen) atoms. The first-order valence-corrected chi connectivity index (χ1v) is 10.4. The lowest BCUT2D eigenvalue weighted by molar-refractivity contribution is -0.137. The Morgan fingerprint density at radius 3 is 2.41 bits per heavy atom. The number of rotatable bonds is 4. The summed E-state index contributed by atoms with van der Waals surface area (Å²) in [5.41, 5.74) is -0.852. The van der Waals surface area contributed by atoms with E-state index >= 15 is 0 Å². The van der Waals surface area contributed by atoms with Crippen molar-refractivity contribution in [1.82, 2.24) is 5.01 Å². The molecule has 3 heterocycles. The van der Waals surface area contributed by atoms with E-state index in [2.05, 4.69) is 5.10 Å². The van der Waals surface area contributed by atoms with E-state index in [-0.39, 0.29) is 5.69 Å². The molecule has 10 heteroatoms. The summed E-state index contributed by atoms with van der Waals surface area (Å²) in [7, 11) is 1.49. The zero-order valence-corrected chi connectivity index (χ0v) is 17.8. The van der Waals surface area contributed by atoms with Gasteiger partial charge in [-0.1, -0.05) is 12.1 Å². The van der Waals surface area contributed by atoms with Gasteiger partial charge in [0.25, 0.3) is 0 Å². The molecule has 5 rings (SSSR count). The second-order valence-electron chi connectivity index (χ2n) is 8.17. The number of ketones is 1. The molecule has 0 saturated carbocycles.